The third kappa shape index (κ3) is 4.87. The molecule has 0 aliphatic rings. The van der Waals surface area contributed by atoms with Crippen LogP contribution in [-0.4, -0.2) is 28.0 Å². The SMILES string of the molecule is Cc1cc(NCc2ccc(OCC(F)(F)F)nc2)nnc1C. The molecule has 0 spiro atoms. The summed E-state index contributed by atoms with van der Waals surface area (Å²) in [5.41, 5.74) is 2.67. The average Bonchev–Trinajstić information content (AvgIpc) is 2.47. The minimum Gasteiger partial charge on any atom is -0.468 e. The van der Waals surface area contributed by atoms with Gasteiger partial charge in [-0.3, -0.25) is 0 Å². The summed E-state index contributed by atoms with van der Waals surface area (Å²) in [6, 6.07) is 4.91. The molecule has 0 aliphatic carbocycles. The van der Waals surface area contributed by atoms with Crippen LogP contribution in [0.4, 0.5) is 19.0 Å². The second-order valence-electron chi connectivity index (χ2n) is 4.76. The summed E-state index contributed by atoms with van der Waals surface area (Å²) in [6.45, 7) is 2.89. The fourth-order valence-corrected chi connectivity index (χ4v) is 1.58. The van der Waals surface area contributed by atoms with Crippen molar-refractivity contribution in [1.82, 2.24) is 15.2 Å². The van der Waals surface area contributed by atoms with Crippen LogP contribution in [0.1, 0.15) is 16.8 Å². The predicted octanol–water partition coefficient (Wildman–Crippen LogP) is 3.04. The second kappa shape index (κ2) is 6.59. The number of nitrogens with zero attached hydrogens (tertiary/aromatic N) is 3. The van der Waals surface area contributed by atoms with E-state index in [1.54, 1.807) is 6.07 Å². The van der Waals surface area contributed by atoms with E-state index in [2.05, 4.69) is 25.2 Å². The maximum Gasteiger partial charge on any atom is 0.422 e. The minimum atomic E-state index is -4.37. The molecule has 1 N–H and O–H groups in total. The molecule has 8 heteroatoms. The molecule has 118 valence electrons. The van der Waals surface area contributed by atoms with E-state index < -0.39 is 12.8 Å². The van der Waals surface area contributed by atoms with Gasteiger partial charge in [0.2, 0.25) is 5.88 Å². The van der Waals surface area contributed by atoms with Crippen molar-refractivity contribution < 1.29 is 17.9 Å². The van der Waals surface area contributed by atoms with E-state index >= 15 is 0 Å². The number of rotatable bonds is 5. The number of aromatic nitrogens is 3. The monoisotopic (exact) mass is 312 g/mol. The van der Waals surface area contributed by atoms with Crippen molar-refractivity contribution in [3.8, 4) is 5.88 Å². The van der Waals surface area contributed by atoms with Gasteiger partial charge in [-0.25, -0.2) is 4.98 Å². The zero-order valence-electron chi connectivity index (χ0n) is 12.1. The first-order chi connectivity index (χ1) is 10.3. The molecule has 0 amide bonds. The third-order valence-corrected chi connectivity index (χ3v) is 2.89. The first-order valence-corrected chi connectivity index (χ1v) is 6.53. The fourth-order valence-electron chi connectivity index (χ4n) is 1.58. The number of nitrogens with one attached hydrogen (secondary N) is 1. The molecule has 0 fully saturated rings. The Hall–Kier alpha value is -2.38. The van der Waals surface area contributed by atoms with E-state index in [1.807, 2.05) is 19.9 Å². The molecule has 22 heavy (non-hydrogen) atoms. The van der Waals surface area contributed by atoms with Crippen molar-refractivity contribution in [2.24, 2.45) is 0 Å². The first kappa shape index (κ1) is 16.0. The van der Waals surface area contributed by atoms with Crippen LogP contribution in [0, 0.1) is 13.8 Å². The lowest BCUT2D eigenvalue weighted by molar-refractivity contribution is -0.154. The summed E-state index contributed by atoms with van der Waals surface area (Å²) in [6.07, 6.45) is -2.92. The molecular formula is C14H15F3N4O. The number of halogens is 3. The summed E-state index contributed by atoms with van der Waals surface area (Å²) in [7, 11) is 0. The summed E-state index contributed by atoms with van der Waals surface area (Å²) >= 11 is 0. The first-order valence-electron chi connectivity index (χ1n) is 6.53. The van der Waals surface area contributed by atoms with Crippen molar-refractivity contribution in [1.29, 1.82) is 0 Å². The molecule has 0 radical (unpaired) electrons. The zero-order chi connectivity index (χ0) is 16.2. The third-order valence-electron chi connectivity index (χ3n) is 2.89. The molecule has 0 aliphatic heterocycles. The second-order valence-corrected chi connectivity index (χ2v) is 4.76. The Morgan fingerprint density at radius 3 is 2.55 bits per heavy atom. The molecule has 2 heterocycles. The van der Waals surface area contributed by atoms with E-state index in [1.165, 1.54) is 12.3 Å². The van der Waals surface area contributed by atoms with Crippen molar-refractivity contribution >= 4 is 5.82 Å². The molecule has 2 aromatic heterocycles. The smallest absolute Gasteiger partial charge is 0.422 e. The molecule has 0 saturated carbocycles. The van der Waals surface area contributed by atoms with E-state index in [4.69, 9.17) is 0 Å². The largest absolute Gasteiger partial charge is 0.468 e. The van der Waals surface area contributed by atoms with Crippen LogP contribution in [0.25, 0.3) is 0 Å². The lowest BCUT2D eigenvalue weighted by Gasteiger charge is -2.09. The minimum absolute atomic E-state index is 0.0629. The molecule has 2 rings (SSSR count). The quantitative estimate of drug-likeness (QED) is 0.919. The van der Waals surface area contributed by atoms with Crippen LogP contribution < -0.4 is 10.1 Å². The molecule has 0 saturated heterocycles. The van der Waals surface area contributed by atoms with Crippen LogP contribution in [0.2, 0.25) is 0 Å². The highest BCUT2D eigenvalue weighted by atomic mass is 19.4. The summed E-state index contributed by atoms with van der Waals surface area (Å²) in [5, 5.41) is 11.1. The fraction of sp³-hybridized carbons (Fsp3) is 0.357. The Labute approximate surface area is 125 Å². The van der Waals surface area contributed by atoms with Crippen LogP contribution in [0.5, 0.6) is 5.88 Å². The van der Waals surface area contributed by atoms with Gasteiger partial charge in [0, 0.05) is 18.8 Å². The lowest BCUT2D eigenvalue weighted by atomic mass is 10.2. The van der Waals surface area contributed by atoms with Crippen molar-refractivity contribution in [2.75, 3.05) is 11.9 Å². The van der Waals surface area contributed by atoms with Crippen molar-refractivity contribution in [3.63, 3.8) is 0 Å². The normalized spacial score (nSPS) is 11.3. The van der Waals surface area contributed by atoms with E-state index in [0.29, 0.717) is 12.4 Å². The number of pyridine rings is 1. The molecule has 0 unspecified atom stereocenters. The standard InChI is InChI=1S/C14H15F3N4O/c1-9-5-12(21-20-10(9)2)18-6-11-3-4-13(19-7-11)22-8-14(15,16)17/h3-5,7H,6,8H2,1-2H3,(H,18,21). The van der Waals surface area contributed by atoms with Gasteiger partial charge < -0.3 is 10.1 Å². The molecule has 5 nitrogen and oxygen atoms in total. The average molecular weight is 312 g/mol. The maximum absolute atomic E-state index is 12.0. The van der Waals surface area contributed by atoms with Crippen LogP contribution in [0.15, 0.2) is 24.4 Å². The highest BCUT2D eigenvalue weighted by Gasteiger charge is 2.28. The number of hydrogen-bond donors (Lipinski definition) is 1. The molecule has 0 aromatic carbocycles. The molecule has 2 aromatic rings. The van der Waals surface area contributed by atoms with Gasteiger partial charge in [0.15, 0.2) is 6.61 Å². The van der Waals surface area contributed by atoms with Gasteiger partial charge >= 0.3 is 6.18 Å². The summed E-state index contributed by atoms with van der Waals surface area (Å²) in [5.74, 6) is 0.563. The van der Waals surface area contributed by atoms with Crippen molar-refractivity contribution in [2.45, 2.75) is 26.6 Å². The highest BCUT2D eigenvalue weighted by molar-refractivity contribution is 5.38. The Kier molecular flexibility index (Phi) is 4.79. The number of alkyl halides is 3. The van der Waals surface area contributed by atoms with Gasteiger partial charge in [-0.2, -0.15) is 18.3 Å². The van der Waals surface area contributed by atoms with Gasteiger partial charge in [0.05, 0.1) is 5.69 Å². The molecule has 0 bridgehead atoms. The van der Waals surface area contributed by atoms with Gasteiger partial charge in [-0.15, -0.1) is 5.10 Å². The number of hydrogen-bond acceptors (Lipinski definition) is 5. The van der Waals surface area contributed by atoms with Gasteiger partial charge in [0.25, 0.3) is 0 Å². The predicted molar refractivity (Wildman–Crippen MR) is 74.6 cm³/mol. The van der Waals surface area contributed by atoms with Gasteiger partial charge in [-0.1, -0.05) is 6.07 Å². The van der Waals surface area contributed by atoms with Gasteiger partial charge in [-0.05, 0) is 31.0 Å². The van der Waals surface area contributed by atoms with E-state index in [0.717, 1.165) is 16.8 Å². The number of anilines is 1. The highest BCUT2D eigenvalue weighted by Crippen LogP contribution is 2.17. The van der Waals surface area contributed by atoms with E-state index in [9.17, 15) is 13.2 Å². The Bertz CT molecular complexity index is 629. The summed E-state index contributed by atoms with van der Waals surface area (Å²) < 4.78 is 40.6. The molecule has 0 atom stereocenters. The zero-order valence-corrected chi connectivity index (χ0v) is 12.1. The number of aryl methyl sites for hydroxylation is 2. The Morgan fingerprint density at radius 2 is 1.95 bits per heavy atom. The lowest BCUT2D eigenvalue weighted by Crippen LogP contribution is -2.19. The maximum atomic E-state index is 12.0. The number of ether oxygens (including phenoxy) is 1. The Morgan fingerprint density at radius 1 is 1.18 bits per heavy atom. The van der Waals surface area contributed by atoms with Crippen LogP contribution in [0.3, 0.4) is 0 Å². The van der Waals surface area contributed by atoms with Crippen molar-refractivity contribution in [3.05, 3.63) is 41.2 Å². The Balaban J connectivity index is 1.89. The topological polar surface area (TPSA) is 59.9 Å². The molecular weight excluding hydrogens is 297 g/mol. The summed E-state index contributed by atoms with van der Waals surface area (Å²) in [4.78, 5) is 3.83. The van der Waals surface area contributed by atoms with Gasteiger partial charge in [0.1, 0.15) is 5.82 Å². The van der Waals surface area contributed by atoms with E-state index in [-0.39, 0.29) is 5.88 Å². The van der Waals surface area contributed by atoms with Crippen LogP contribution >= 0.6 is 0 Å². The van der Waals surface area contributed by atoms with Crippen LogP contribution in [-0.2, 0) is 6.54 Å².